The van der Waals surface area contributed by atoms with Gasteiger partial charge in [0, 0.05) is 22.6 Å². The highest BCUT2D eigenvalue weighted by Crippen LogP contribution is 2.22. The largest absolute Gasteiger partial charge is 0.497 e. The van der Waals surface area contributed by atoms with E-state index < -0.39 is 0 Å². The van der Waals surface area contributed by atoms with Crippen LogP contribution >= 0.6 is 15.9 Å². The van der Waals surface area contributed by atoms with E-state index in [-0.39, 0.29) is 5.91 Å². The molecule has 1 amide bonds. The Balaban J connectivity index is 1.61. The number of halogens is 1. The van der Waals surface area contributed by atoms with Gasteiger partial charge in [0.05, 0.1) is 14.2 Å². The van der Waals surface area contributed by atoms with Gasteiger partial charge in [0.2, 0.25) is 0 Å². The number of amides is 1. The number of ether oxygens (including phenoxy) is 3. The molecule has 0 aliphatic carbocycles. The molecule has 6 heteroatoms. The van der Waals surface area contributed by atoms with Crippen LogP contribution in [0.15, 0.2) is 71.2 Å². The highest BCUT2D eigenvalue weighted by atomic mass is 79.9. The van der Waals surface area contributed by atoms with E-state index in [9.17, 15) is 4.79 Å². The second-order valence-electron chi connectivity index (χ2n) is 6.35. The Bertz CT molecular complexity index is 951. The molecule has 0 aliphatic heterocycles. The lowest BCUT2D eigenvalue weighted by atomic mass is 10.1. The summed E-state index contributed by atoms with van der Waals surface area (Å²) >= 11 is 3.40. The Morgan fingerprint density at radius 2 is 1.55 bits per heavy atom. The minimum absolute atomic E-state index is 0.155. The van der Waals surface area contributed by atoms with Crippen LogP contribution in [0.4, 0.5) is 0 Å². The molecule has 0 aromatic heterocycles. The van der Waals surface area contributed by atoms with E-state index in [4.69, 9.17) is 14.2 Å². The van der Waals surface area contributed by atoms with Gasteiger partial charge in [-0.05, 0) is 59.7 Å². The molecular weight excluding hydrogens is 434 g/mol. The molecule has 3 aromatic carbocycles. The third-order valence-corrected chi connectivity index (χ3v) is 4.80. The first-order valence-corrected chi connectivity index (χ1v) is 9.84. The molecule has 0 unspecified atom stereocenters. The zero-order valence-electron chi connectivity index (χ0n) is 16.3. The van der Waals surface area contributed by atoms with Gasteiger partial charge in [0.15, 0.2) is 0 Å². The third kappa shape index (κ3) is 5.99. The minimum Gasteiger partial charge on any atom is -0.497 e. The van der Waals surface area contributed by atoms with Crippen LogP contribution in [0.2, 0.25) is 0 Å². The number of hydrogen-bond donors (Lipinski definition) is 1. The minimum atomic E-state index is -0.155. The average Bonchev–Trinajstić information content (AvgIpc) is 2.77. The molecule has 150 valence electrons. The Kier molecular flexibility index (Phi) is 7.14. The molecule has 0 bridgehead atoms. The van der Waals surface area contributed by atoms with Crippen molar-refractivity contribution in [2.75, 3.05) is 14.2 Å². The molecule has 5 nitrogen and oxygen atoms in total. The summed E-state index contributed by atoms with van der Waals surface area (Å²) in [6.07, 6.45) is 0. The van der Waals surface area contributed by atoms with Crippen molar-refractivity contribution in [3.05, 3.63) is 87.9 Å². The number of rotatable bonds is 8. The van der Waals surface area contributed by atoms with Crippen molar-refractivity contribution in [1.82, 2.24) is 5.32 Å². The van der Waals surface area contributed by atoms with E-state index in [2.05, 4.69) is 21.2 Å². The monoisotopic (exact) mass is 455 g/mol. The fourth-order valence-electron chi connectivity index (χ4n) is 2.75. The Labute approximate surface area is 178 Å². The van der Waals surface area contributed by atoms with Crippen LogP contribution in [0.3, 0.4) is 0 Å². The van der Waals surface area contributed by atoms with E-state index in [0.29, 0.717) is 30.2 Å². The van der Waals surface area contributed by atoms with Crippen LogP contribution in [0, 0.1) is 0 Å². The lowest BCUT2D eigenvalue weighted by Crippen LogP contribution is -2.23. The van der Waals surface area contributed by atoms with Crippen LogP contribution in [-0.4, -0.2) is 20.1 Å². The van der Waals surface area contributed by atoms with E-state index in [0.717, 1.165) is 21.3 Å². The summed E-state index contributed by atoms with van der Waals surface area (Å²) in [6.45, 7) is 0.752. The smallest absolute Gasteiger partial charge is 0.251 e. The molecule has 3 rings (SSSR count). The molecule has 0 atom stereocenters. The number of methoxy groups -OCH3 is 2. The van der Waals surface area contributed by atoms with Gasteiger partial charge in [-0.25, -0.2) is 0 Å². The molecule has 3 aromatic rings. The van der Waals surface area contributed by atoms with Crippen molar-refractivity contribution in [3.8, 4) is 17.2 Å². The Morgan fingerprint density at radius 1 is 0.862 bits per heavy atom. The van der Waals surface area contributed by atoms with Gasteiger partial charge in [0.1, 0.15) is 23.9 Å². The van der Waals surface area contributed by atoms with Crippen molar-refractivity contribution in [2.24, 2.45) is 0 Å². The van der Waals surface area contributed by atoms with E-state index in [1.807, 2.05) is 54.6 Å². The predicted octanol–water partition coefficient (Wildman–Crippen LogP) is 4.98. The molecule has 0 spiro atoms. The van der Waals surface area contributed by atoms with Crippen molar-refractivity contribution in [2.45, 2.75) is 13.2 Å². The molecule has 0 saturated heterocycles. The third-order valence-electron chi connectivity index (χ3n) is 4.27. The van der Waals surface area contributed by atoms with Crippen molar-refractivity contribution >= 4 is 21.8 Å². The summed E-state index contributed by atoms with van der Waals surface area (Å²) < 4.78 is 17.3. The average molecular weight is 456 g/mol. The normalized spacial score (nSPS) is 10.3. The number of hydrogen-bond acceptors (Lipinski definition) is 4. The number of benzene rings is 3. The summed E-state index contributed by atoms with van der Waals surface area (Å²) in [7, 11) is 3.19. The first-order chi connectivity index (χ1) is 14.1. The first kappa shape index (κ1) is 20.7. The van der Waals surface area contributed by atoms with Crippen molar-refractivity contribution < 1.29 is 19.0 Å². The van der Waals surface area contributed by atoms with E-state index in [1.54, 1.807) is 26.4 Å². The van der Waals surface area contributed by atoms with Gasteiger partial charge >= 0.3 is 0 Å². The maximum Gasteiger partial charge on any atom is 0.251 e. The van der Waals surface area contributed by atoms with Crippen LogP contribution in [-0.2, 0) is 13.2 Å². The van der Waals surface area contributed by atoms with Gasteiger partial charge in [-0.1, -0.05) is 28.1 Å². The predicted molar refractivity (Wildman–Crippen MR) is 116 cm³/mol. The summed E-state index contributed by atoms with van der Waals surface area (Å²) in [6, 6.07) is 20.6. The fraction of sp³-hybridized carbons (Fsp3) is 0.174. The Morgan fingerprint density at radius 3 is 2.21 bits per heavy atom. The van der Waals surface area contributed by atoms with Gasteiger partial charge < -0.3 is 19.5 Å². The highest BCUT2D eigenvalue weighted by molar-refractivity contribution is 9.10. The van der Waals surface area contributed by atoms with Gasteiger partial charge in [0.25, 0.3) is 5.91 Å². The topological polar surface area (TPSA) is 56.8 Å². The number of nitrogens with one attached hydrogen (secondary N) is 1. The van der Waals surface area contributed by atoms with Crippen LogP contribution in [0.1, 0.15) is 21.5 Å². The van der Waals surface area contributed by atoms with Crippen LogP contribution in [0.5, 0.6) is 17.2 Å². The van der Waals surface area contributed by atoms with Gasteiger partial charge in [-0.15, -0.1) is 0 Å². The molecule has 1 N–H and O–H groups in total. The first-order valence-electron chi connectivity index (χ1n) is 9.05. The summed E-state index contributed by atoms with van der Waals surface area (Å²) in [5, 5.41) is 2.93. The maximum atomic E-state index is 12.6. The molecular formula is C23H22BrNO4. The fourth-order valence-corrected chi connectivity index (χ4v) is 3.02. The van der Waals surface area contributed by atoms with Crippen molar-refractivity contribution in [3.63, 3.8) is 0 Å². The second-order valence-corrected chi connectivity index (χ2v) is 7.26. The SMILES string of the molecule is COc1cc(CNC(=O)c2cccc(COc3ccc(Br)cc3)c2)cc(OC)c1. The quantitative estimate of drug-likeness (QED) is 0.520. The number of carbonyl (C=O) groups excluding carboxylic acids is 1. The highest BCUT2D eigenvalue weighted by Gasteiger charge is 2.08. The zero-order chi connectivity index (χ0) is 20.6. The maximum absolute atomic E-state index is 12.6. The lowest BCUT2D eigenvalue weighted by molar-refractivity contribution is 0.0950. The molecule has 0 radical (unpaired) electrons. The van der Waals surface area contributed by atoms with Crippen LogP contribution in [0.25, 0.3) is 0 Å². The van der Waals surface area contributed by atoms with Gasteiger partial charge in [-0.3, -0.25) is 4.79 Å². The molecule has 0 aliphatic rings. The van der Waals surface area contributed by atoms with E-state index >= 15 is 0 Å². The summed E-state index contributed by atoms with van der Waals surface area (Å²) in [4.78, 5) is 12.6. The lowest BCUT2D eigenvalue weighted by Gasteiger charge is -2.11. The van der Waals surface area contributed by atoms with Crippen LogP contribution < -0.4 is 19.5 Å². The van der Waals surface area contributed by atoms with Gasteiger partial charge in [-0.2, -0.15) is 0 Å². The number of carbonyl (C=O) groups is 1. The summed E-state index contributed by atoms with van der Waals surface area (Å²) in [5.74, 6) is 1.98. The standard InChI is InChI=1S/C23H22BrNO4/c1-27-21-11-17(12-22(13-21)28-2)14-25-23(26)18-5-3-4-16(10-18)15-29-20-8-6-19(24)7-9-20/h3-13H,14-15H2,1-2H3,(H,25,26). The molecule has 29 heavy (non-hydrogen) atoms. The van der Waals surface area contributed by atoms with E-state index in [1.165, 1.54) is 0 Å². The molecule has 0 fully saturated rings. The van der Waals surface area contributed by atoms with Crippen molar-refractivity contribution in [1.29, 1.82) is 0 Å². The summed E-state index contributed by atoms with van der Waals surface area (Å²) in [5.41, 5.74) is 2.39. The second kappa shape index (κ2) is 9.98. The zero-order valence-corrected chi connectivity index (χ0v) is 17.9. The molecule has 0 saturated carbocycles. The molecule has 0 heterocycles. The Hall–Kier alpha value is -2.99.